The number of aromatic nitrogens is 2. The highest BCUT2D eigenvalue weighted by Crippen LogP contribution is 2.37. The van der Waals surface area contributed by atoms with Crippen LogP contribution in [0.4, 0.5) is 0 Å². The summed E-state index contributed by atoms with van der Waals surface area (Å²) < 4.78 is 6.49. The molecule has 1 aliphatic rings. The predicted octanol–water partition coefficient (Wildman–Crippen LogP) is 4.23. The Bertz CT molecular complexity index is 1090. The molecule has 1 aromatic carbocycles. The van der Waals surface area contributed by atoms with Gasteiger partial charge in [0, 0.05) is 4.88 Å². The summed E-state index contributed by atoms with van der Waals surface area (Å²) in [4.78, 5) is 32.4. The van der Waals surface area contributed by atoms with Crippen molar-refractivity contribution in [2.45, 2.75) is 43.5 Å². The first kappa shape index (κ1) is 19.2. The number of thiophene rings is 1. The zero-order valence-electron chi connectivity index (χ0n) is 16.1. The fourth-order valence-electron chi connectivity index (χ4n) is 3.63. The number of nitrogens with zero attached hydrogens (tertiary/aromatic N) is 2. The number of esters is 1. The van der Waals surface area contributed by atoms with Gasteiger partial charge in [-0.2, -0.15) is 0 Å². The van der Waals surface area contributed by atoms with Crippen molar-refractivity contribution in [1.29, 1.82) is 0 Å². The van der Waals surface area contributed by atoms with Gasteiger partial charge in [-0.1, -0.05) is 36.9 Å². The van der Waals surface area contributed by atoms with Crippen LogP contribution in [0.15, 0.2) is 40.3 Å². The molecule has 0 aliphatic heterocycles. The molecule has 0 saturated heterocycles. The van der Waals surface area contributed by atoms with E-state index in [0.29, 0.717) is 11.1 Å². The number of hydrogen-bond donors (Lipinski definition) is 0. The average Bonchev–Trinajstić information content (AvgIpc) is 3.05. The van der Waals surface area contributed by atoms with Crippen molar-refractivity contribution in [3.63, 3.8) is 0 Å². The molecule has 28 heavy (non-hydrogen) atoms. The summed E-state index contributed by atoms with van der Waals surface area (Å²) in [5, 5.41) is 0.804. The van der Waals surface area contributed by atoms with E-state index in [0.717, 1.165) is 40.7 Å². The lowest BCUT2D eigenvalue weighted by molar-refractivity contribution is -0.139. The van der Waals surface area contributed by atoms with Gasteiger partial charge in [0.1, 0.15) is 10.1 Å². The van der Waals surface area contributed by atoms with Crippen molar-refractivity contribution in [3.05, 3.63) is 51.1 Å². The van der Waals surface area contributed by atoms with E-state index >= 15 is 0 Å². The van der Waals surface area contributed by atoms with Crippen LogP contribution in [0.2, 0.25) is 0 Å². The molecule has 0 radical (unpaired) electrons. The monoisotopic (exact) mass is 414 g/mol. The standard InChI is InChI=1S/C21H22N2O3S2/c1-12-9-10-15-16(11-12)28-18-17(15)19(24)23(14-7-5-4-6-8-14)21(22-18)27-13(2)20(25)26-3/h4-8,12-13H,9-11H2,1-3H3. The van der Waals surface area contributed by atoms with Crippen LogP contribution < -0.4 is 5.56 Å². The first-order chi connectivity index (χ1) is 13.5. The number of carbonyl (C=O) groups excluding carboxylic acids is 1. The van der Waals surface area contributed by atoms with E-state index in [1.807, 2.05) is 30.3 Å². The molecular formula is C21H22N2O3S2. The van der Waals surface area contributed by atoms with Crippen LogP contribution in [0.1, 0.15) is 30.7 Å². The number of methoxy groups -OCH3 is 1. The highest BCUT2D eigenvalue weighted by molar-refractivity contribution is 8.00. The number of aryl methyl sites for hydroxylation is 1. The number of carbonyl (C=O) groups is 1. The lowest BCUT2D eigenvalue weighted by Gasteiger charge is -2.18. The molecule has 1 aliphatic carbocycles. The highest BCUT2D eigenvalue weighted by atomic mass is 32.2. The second-order valence-electron chi connectivity index (χ2n) is 7.19. The van der Waals surface area contributed by atoms with E-state index in [4.69, 9.17) is 9.72 Å². The number of hydrogen-bond acceptors (Lipinski definition) is 6. The molecule has 5 nitrogen and oxygen atoms in total. The summed E-state index contributed by atoms with van der Waals surface area (Å²) in [6, 6.07) is 9.49. The van der Waals surface area contributed by atoms with Gasteiger partial charge < -0.3 is 4.74 Å². The first-order valence-corrected chi connectivity index (χ1v) is 11.1. The van der Waals surface area contributed by atoms with Gasteiger partial charge in [-0.15, -0.1) is 11.3 Å². The van der Waals surface area contributed by atoms with Crippen molar-refractivity contribution in [2.75, 3.05) is 7.11 Å². The largest absolute Gasteiger partial charge is 0.468 e. The van der Waals surface area contributed by atoms with Crippen LogP contribution in [0.25, 0.3) is 15.9 Å². The van der Waals surface area contributed by atoms with E-state index in [1.54, 1.807) is 22.8 Å². The zero-order chi connectivity index (χ0) is 19.8. The Morgan fingerprint density at radius 3 is 2.82 bits per heavy atom. The number of rotatable bonds is 4. The molecule has 0 spiro atoms. The Kier molecular flexibility index (Phi) is 5.29. The Labute approximate surface area is 171 Å². The van der Waals surface area contributed by atoms with Gasteiger partial charge in [-0.05, 0) is 49.8 Å². The van der Waals surface area contributed by atoms with Gasteiger partial charge in [0.2, 0.25) is 0 Å². The SMILES string of the molecule is COC(=O)C(C)Sc1nc2sc3c(c2c(=O)n1-c1ccccc1)CCC(C)C3. The van der Waals surface area contributed by atoms with Gasteiger partial charge in [0.15, 0.2) is 5.16 Å². The molecular weight excluding hydrogens is 392 g/mol. The summed E-state index contributed by atoms with van der Waals surface area (Å²) in [6.45, 7) is 4.02. The number of fused-ring (bicyclic) bond motifs is 3. The smallest absolute Gasteiger partial charge is 0.318 e. The summed E-state index contributed by atoms with van der Waals surface area (Å²) in [5.41, 5.74) is 1.87. The van der Waals surface area contributed by atoms with Crippen LogP contribution in [0.5, 0.6) is 0 Å². The molecule has 2 atom stereocenters. The molecule has 3 aromatic rings. The molecule has 0 amide bonds. The van der Waals surface area contributed by atoms with E-state index in [2.05, 4.69) is 6.92 Å². The van der Waals surface area contributed by atoms with Crippen LogP contribution in [-0.2, 0) is 22.4 Å². The Hall–Kier alpha value is -2.12. The molecule has 2 aromatic heterocycles. The quantitative estimate of drug-likeness (QED) is 0.363. The third-order valence-electron chi connectivity index (χ3n) is 5.13. The summed E-state index contributed by atoms with van der Waals surface area (Å²) in [7, 11) is 1.37. The van der Waals surface area contributed by atoms with E-state index < -0.39 is 5.25 Å². The van der Waals surface area contributed by atoms with E-state index in [9.17, 15) is 9.59 Å². The maximum atomic E-state index is 13.6. The second-order valence-corrected chi connectivity index (χ2v) is 9.58. The number of para-hydroxylation sites is 1. The Balaban J connectivity index is 1.94. The van der Waals surface area contributed by atoms with Crippen LogP contribution in [0.3, 0.4) is 0 Å². The van der Waals surface area contributed by atoms with Gasteiger partial charge in [0.05, 0.1) is 18.2 Å². The maximum absolute atomic E-state index is 13.6. The van der Waals surface area contributed by atoms with Crippen LogP contribution >= 0.6 is 23.1 Å². The summed E-state index contributed by atoms with van der Waals surface area (Å²) >= 11 is 2.88. The third-order valence-corrected chi connectivity index (χ3v) is 7.31. The van der Waals surface area contributed by atoms with Crippen molar-refractivity contribution in [1.82, 2.24) is 9.55 Å². The molecule has 0 N–H and O–H groups in total. The molecule has 0 fully saturated rings. The second kappa shape index (κ2) is 7.72. The lowest BCUT2D eigenvalue weighted by Crippen LogP contribution is -2.24. The van der Waals surface area contributed by atoms with Crippen LogP contribution in [-0.4, -0.2) is 27.9 Å². The number of ether oxygens (including phenoxy) is 1. The minimum Gasteiger partial charge on any atom is -0.468 e. The number of thioether (sulfide) groups is 1. The van der Waals surface area contributed by atoms with Gasteiger partial charge in [-0.3, -0.25) is 14.2 Å². The predicted molar refractivity (Wildman–Crippen MR) is 114 cm³/mol. The van der Waals surface area contributed by atoms with E-state index in [-0.39, 0.29) is 11.5 Å². The van der Waals surface area contributed by atoms with Crippen molar-refractivity contribution < 1.29 is 9.53 Å². The van der Waals surface area contributed by atoms with Crippen molar-refractivity contribution >= 4 is 39.3 Å². The number of benzene rings is 1. The molecule has 2 unspecified atom stereocenters. The maximum Gasteiger partial charge on any atom is 0.318 e. The van der Waals surface area contributed by atoms with Gasteiger partial charge in [-0.25, -0.2) is 4.98 Å². The normalized spacial score (nSPS) is 17.3. The fourth-order valence-corrected chi connectivity index (χ4v) is 6.00. The van der Waals surface area contributed by atoms with Gasteiger partial charge >= 0.3 is 5.97 Å². The lowest BCUT2D eigenvalue weighted by atomic mass is 9.89. The average molecular weight is 415 g/mol. The topological polar surface area (TPSA) is 61.2 Å². The Morgan fingerprint density at radius 2 is 2.11 bits per heavy atom. The molecule has 0 saturated carbocycles. The molecule has 2 heterocycles. The molecule has 7 heteroatoms. The van der Waals surface area contributed by atoms with Gasteiger partial charge in [0.25, 0.3) is 5.56 Å². The third kappa shape index (κ3) is 3.37. The molecule has 0 bridgehead atoms. The summed E-state index contributed by atoms with van der Waals surface area (Å²) in [6.07, 6.45) is 3.02. The van der Waals surface area contributed by atoms with Crippen molar-refractivity contribution in [3.8, 4) is 5.69 Å². The molecule has 146 valence electrons. The van der Waals surface area contributed by atoms with E-state index in [1.165, 1.54) is 23.7 Å². The zero-order valence-corrected chi connectivity index (χ0v) is 17.7. The minimum atomic E-state index is -0.459. The highest BCUT2D eigenvalue weighted by Gasteiger charge is 2.26. The van der Waals surface area contributed by atoms with Crippen molar-refractivity contribution in [2.24, 2.45) is 5.92 Å². The minimum absolute atomic E-state index is 0.0529. The Morgan fingerprint density at radius 1 is 1.36 bits per heavy atom. The summed E-state index contributed by atoms with van der Waals surface area (Å²) in [5.74, 6) is 0.295. The first-order valence-electron chi connectivity index (χ1n) is 9.36. The molecule has 4 rings (SSSR count). The van der Waals surface area contributed by atoms with Crippen LogP contribution in [0, 0.1) is 5.92 Å². The fraction of sp³-hybridized carbons (Fsp3) is 0.381.